The summed E-state index contributed by atoms with van der Waals surface area (Å²) in [4.78, 5) is 12.0. The van der Waals surface area contributed by atoms with Gasteiger partial charge in [-0.15, -0.1) is 0 Å². The molecule has 4 nitrogen and oxygen atoms in total. The number of methoxy groups -OCH3 is 1. The number of carbonyl (C=O) groups is 1. The fourth-order valence-electron chi connectivity index (χ4n) is 2.27. The normalized spacial score (nSPS) is 23.4. The van der Waals surface area contributed by atoms with Crippen molar-refractivity contribution >= 4 is 5.91 Å². The lowest BCUT2D eigenvalue weighted by Crippen LogP contribution is -2.45. The van der Waals surface area contributed by atoms with E-state index in [0.29, 0.717) is 5.56 Å². The van der Waals surface area contributed by atoms with Gasteiger partial charge in [-0.05, 0) is 37.1 Å². The summed E-state index contributed by atoms with van der Waals surface area (Å²) in [7, 11) is 1.59. The van der Waals surface area contributed by atoms with Crippen molar-refractivity contribution in [3.8, 4) is 5.75 Å². The molecule has 2 N–H and O–H groups in total. The summed E-state index contributed by atoms with van der Waals surface area (Å²) >= 11 is 0. The van der Waals surface area contributed by atoms with E-state index in [1.165, 1.54) is 0 Å². The molecule has 4 heteroatoms. The Bertz CT molecular complexity index is 402. The summed E-state index contributed by atoms with van der Waals surface area (Å²) in [5, 5.41) is 12.7. The fourth-order valence-corrected chi connectivity index (χ4v) is 2.27. The van der Waals surface area contributed by atoms with Crippen LogP contribution in [0.5, 0.6) is 5.75 Å². The second kappa shape index (κ2) is 5.87. The molecule has 0 aliphatic heterocycles. The van der Waals surface area contributed by atoms with E-state index in [-0.39, 0.29) is 11.9 Å². The van der Waals surface area contributed by atoms with Crippen molar-refractivity contribution in [2.24, 2.45) is 0 Å². The van der Waals surface area contributed by atoms with E-state index in [0.717, 1.165) is 31.4 Å². The topological polar surface area (TPSA) is 58.6 Å². The van der Waals surface area contributed by atoms with Gasteiger partial charge in [0.25, 0.3) is 5.91 Å². The van der Waals surface area contributed by atoms with E-state index in [4.69, 9.17) is 4.74 Å². The molecule has 1 aromatic carbocycles. The quantitative estimate of drug-likeness (QED) is 0.857. The monoisotopic (exact) mass is 249 g/mol. The Morgan fingerprint density at radius 1 is 1.28 bits per heavy atom. The molecule has 1 aliphatic carbocycles. The van der Waals surface area contributed by atoms with E-state index in [9.17, 15) is 9.90 Å². The number of hydrogen-bond donors (Lipinski definition) is 2. The van der Waals surface area contributed by atoms with Crippen LogP contribution in [0.4, 0.5) is 0 Å². The van der Waals surface area contributed by atoms with Gasteiger partial charge >= 0.3 is 0 Å². The number of rotatable bonds is 3. The van der Waals surface area contributed by atoms with Crippen LogP contribution in [0.25, 0.3) is 0 Å². The summed E-state index contributed by atoms with van der Waals surface area (Å²) in [6, 6.07) is 6.85. The molecule has 0 bridgehead atoms. The highest BCUT2D eigenvalue weighted by Crippen LogP contribution is 2.19. The van der Waals surface area contributed by atoms with Crippen LogP contribution in [0.2, 0.25) is 0 Å². The first-order valence-electron chi connectivity index (χ1n) is 6.33. The van der Waals surface area contributed by atoms with Gasteiger partial charge in [0.05, 0.1) is 19.3 Å². The van der Waals surface area contributed by atoms with Crippen LogP contribution < -0.4 is 10.1 Å². The van der Waals surface area contributed by atoms with Crippen LogP contribution in [-0.2, 0) is 0 Å². The molecule has 1 amide bonds. The molecular weight excluding hydrogens is 230 g/mol. The Balaban J connectivity index is 1.97. The molecule has 2 rings (SSSR count). The van der Waals surface area contributed by atoms with Gasteiger partial charge in [-0.2, -0.15) is 0 Å². The SMILES string of the molecule is COc1ccc(C(=O)N[C@@H]2CCCC[C@H]2O)cc1. The molecule has 18 heavy (non-hydrogen) atoms. The second-order valence-electron chi connectivity index (χ2n) is 4.66. The maximum absolute atomic E-state index is 12.0. The van der Waals surface area contributed by atoms with E-state index >= 15 is 0 Å². The van der Waals surface area contributed by atoms with E-state index in [2.05, 4.69) is 5.32 Å². The Kier molecular flexibility index (Phi) is 4.20. The first-order chi connectivity index (χ1) is 8.70. The lowest BCUT2D eigenvalue weighted by atomic mass is 9.92. The van der Waals surface area contributed by atoms with Gasteiger partial charge < -0.3 is 15.2 Å². The molecule has 0 unspecified atom stereocenters. The Morgan fingerprint density at radius 3 is 2.56 bits per heavy atom. The van der Waals surface area contributed by atoms with Gasteiger partial charge in [0.15, 0.2) is 0 Å². The average molecular weight is 249 g/mol. The van der Waals surface area contributed by atoms with Gasteiger partial charge in [0.2, 0.25) is 0 Å². The minimum absolute atomic E-state index is 0.117. The summed E-state index contributed by atoms with van der Waals surface area (Å²) in [6.45, 7) is 0. The van der Waals surface area contributed by atoms with Crippen LogP contribution in [0, 0.1) is 0 Å². The standard InChI is InChI=1S/C14H19NO3/c1-18-11-8-6-10(7-9-11)14(17)15-12-4-2-3-5-13(12)16/h6-9,12-13,16H,2-5H2,1H3,(H,15,17)/t12-,13-/m1/s1. The first kappa shape index (κ1) is 12.9. The number of aliphatic hydroxyl groups is 1. The minimum Gasteiger partial charge on any atom is -0.497 e. The van der Waals surface area contributed by atoms with E-state index in [1.54, 1.807) is 31.4 Å². The van der Waals surface area contributed by atoms with E-state index < -0.39 is 6.10 Å². The van der Waals surface area contributed by atoms with Crippen molar-refractivity contribution in [3.63, 3.8) is 0 Å². The summed E-state index contributed by atoms with van der Waals surface area (Å²) in [5.74, 6) is 0.591. The van der Waals surface area contributed by atoms with Crippen molar-refractivity contribution in [3.05, 3.63) is 29.8 Å². The van der Waals surface area contributed by atoms with Crippen LogP contribution in [0.15, 0.2) is 24.3 Å². The molecule has 98 valence electrons. The van der Waals surface area contributed by atoms with Crippen LogP contribution in [-0.4, -0.2) is 30.3 Å². The first-order valence-corrected chi connectivity index (χ1v) is 6.33. The molecule has 0 radical (unpaired) electrons. The summed E-state index contributed by atoms with van der Waals surface area (Å²) in [5.41, 5.74) is 0.591. The highest BCUT2D eigenvalue weighted by Gasteiger charge is 2.24. The molecule has 1 aromatic rings. The number of carbonyl (C=O) groups excluding carboxylic acids is 1. The third kappa shape index (κ3) is 3.01. The average Bonchev–Trinajstić information content (AvgIpc) is 2.41. The number of benzene rings is 1. The number of aliphatic hydroxyl groups excluding tert-OH is 1. The molecule has 2 atom stereocenters. The Hall–Kier alpha value is -1.55. The van der Waals surface area contributed by atoms with Crippen molar-refractivity contribution < 1.29 is 14.6 Å². The van der Waals surface area contributed by atoms with Crippen molar-refractivity contribution in [2.45, 2.75) is 37.8 Å². The number of nitrogens with one attached hydrogen (secondary N) is 1. The molecule has 1 saturated carbocycles. The van der Waals surface area contributed by atoms with Crippen LogP contribution in [0.3, 0.4) is 0 Å². The van der Waals surface area contributed by atoms with Gasteiger partial charge in [-0.25, -0.2) is 0 Å². The number of ether oxygens (including phenoxy) is 1. The molecular formula is C14H19NO3. The number of amides is 1. The minimum atomic E-state index is -0.416. The maximum Gasteiger partial charge on any atom is 0.251 e. The maximum atomic E-state index is 12.0. The van der Waals surface area contributed by atoms with Crippen LogP contribution >= 0.6 is 0 Å². The molecule has 1 aliphatic rings. The molecule has 0 saturated heterocycles. The fraction of sp³-hybridized carbons (Fsp3) is 0.500. The van der Waals surface area contributed by atoms with Crippen molar-refractivity contribution in [1.82, 2.24) is 5.32 Å². The number of hydrogen-bond acceptors (Lipinski definition) is 3. The predicted molar refractivity (Wildman–Crippen MR) is 68.7 cm³/mol. The largest absolute Gasteiger partial charge is 0.497 e. The van der Waals surface area contributed by atoms with Gasteiger partial charge in [-0.3, -0.25) is 4.79 Å². The second-order valence-corrected chi connectivity index (χ2v) is 4.66. The molecule has 0 heterocycles. The summed E-state index contributed by atoms with van der Waals surface area (Å²) in [6.07, 6.45) is 3.30. The molecule has 1 fully saturated rings. The summed E-state index contributed by atoms with van der Waals surface area (Å²) < 4.78 is 5.04. The predicted octanol–water partition coefficient (Wildman–Crippen LogP) is 1.73. The highest BCUT2D eigenvalue weighted by atomic mass is 16.5. The van der Waals surface area contributed by atoms with Gasteiger partial charge in [0, 0.05) is 5.56 Å². The van der Waals surface area contributed by atoms with Crippen molar-refractivity contribution in [2.75, 3.05) is 7.11 Å². The lowest BCUT2D eigenvalue weighted by molar-refractivity contribution is 0.0717. The highest BCUT2D eigenvalue weighted by molar-refractivity contribution is 5.94. The smallest absolute Gasteiger partial charge is 0.251 e. The zero-order chi connectivity index (χ0) is 13.0. The molecule has 0 aromatic heterocycles. The van der Waals surface area contributed by atoms with Crippen LogP contribution in [0.1, 0.15) is 36.0 Å². The Labute approximate surface area is 107 Å². The Morgan fingerprint density at radius 2 is 1.94 bits per heavy atom. The van der Waals surface area contributed by atoms with E-state index in [1.807, 2.05) is 0 Å². The van der Waals surface area contributed by atoms with Gasteiger partial charge in [-0.1, -0.05) is 12.8 Å². The van der Waals surface area contributed by atoms with Gasteiger partial charge in [0.1, 0.15) is 5.75 Å². The van der Waals surface area contributed by atoms with Crippen molar-refractivity contribution in [1.29, 1.82) is 0 Å². The lowest BCUT2D eigenvalue weighted by Gasteiger charge is -2.28. The third-order valence-corrected chi connectivity index (χ3v) is 3.40. The molecule has 0 spiro atoms. The zero-order valence-corrected chi connectivity index (χ0v) is 10.6. The zero-order valence-electron chi connectivity index (χ0n) is 10.6. The third-order valence-electron chi connectivity index (χ3n) is 3.40.